The van der Waals surface area contributed by atoms with E-state index in [0.29, 0.717) is 6.42 Å². The van der Waals surface area contributed by atoms with Crippen molar-refractivity contribution in [3.63, 3.8) is 0 Å². The SMILES string of the molecule is CC[C@@H](C(=O)Nc1cc(C)ccc1C)n1c(SCc2ccc(C)cc2)nc2cccnc21. The minimum Gasteiger partial charge on any atom is -0.324 e. The Balaban J connectivity index is 1.67. The molecule has 0 radical (unpaired) electrons. The van der Waals surface area contributed by atoms with Crippen LogP contribution in [-0.2, 0) is 10.5 Å². The Hall–Kier alpha value is -3.12. The van der Waals surface area contributed by atoms with Gasteiger partial charge in [0.1, 0.15) is 11.6 Å². The van der Waals surface area contributed by atoms with Crippen molar-refractivity contribution in [2.75, 3.05) is 5.32 Å². The lowest BCUT2D eigenvalue weighted by Crippen LogP contribution is -2.26. The predicted octanol–water partition coefficient (Wildman–Crippen LogP) is 6.24. The summed E-state index contributed by atoms with van der Waals surface area (Å²) in [5.74, 6) is 0.724. The van der Waals surface area contributed by atoms with Gasteiger partial charge in [0.2, 0.25) is 5.91 Å². The summed E-state index contributed by atoms with van der Waals surface area (Å²) in [7, 11) is 0. The van der Waals surface area contributed by atoms with E-state index in [-0.39, 0.29) is 5.91 Å². The van der Waals surface area contributed by atoms with Crippen molar-refractivity contribution in [1.82, 2.24) is 14.5 Å². The quantitative estimate of drug-likeness (QED) is 0.343. The Bertz CT molecular complexity index is 1250. The smallest absolute Gasteiger partial charge is 0.247 e. The minimum absolute atomic E-state index is 0.0525. The summed E-state index contributed by atoms with van der Waals surface area (Å²) in [5, 5.41) is 3.95. The summed E-state index contributed by atoms with van der Waals surface area (Å²) in [6.07, 6.45) is 2.39. The van der Waals surface area contributed by atoms with Gasteiger partial charge in [-0.3, -0.25) is 9.36 Å². The number of fused-ring (bicyclic) bond motifs is 1. The number of imidazole rings is 1. The molecule has 4 aromatic rings. The zero-order valence-electron chi connectivity index (χ0n) is 18.9. The zero-order valence-corrected chi connectivity index (χ0v) is 19.7. The number of aromatic nitrogens is 3. The third-order valence-electron chi connectivity index (χ3n) is 5.56. The van der Waals surface area contributed by atoms with Gasteiger partial charge < -0.3 is 5.32 Å². The Kier molecular flexibility index (Phi) is 6.61. The minimum atomic E-state index is -0.407. The van der Waals surface area contributed by atoms with E-state index in [9.17, 15) is 4.79 Å². The number of pyridine rings is 1. The molecule has 0 saturated heterocycles. The maximum absolute atomic E-state index is 13.4. The molecule has 0 unspecified atom stereocenters. The fourth-order valence-corrected chi connectivity index (χ4v) is 4.70. The van der Waals surface area contributed by atoms with Crippen molar-refractivity contribution in [2.45, 2.75) is 51.1 Å². The molecule has 0 spiro atoms. The molecule has 4 rings (SSSR count). The Morgan fingerprint density at radius 3 is 2.56 bits per heavy atom. The number of anilines is 1. The number of benzene rings is 2. The highest BCUT2D eigenvalue weighted by molar-refractivity contribution is 7.98. The van der Waals surface area contributed by atoms with Crippen LogP contribution in [-0.4, -0.2) is 20.4 Å². The topological polar surface area (TPSA) is 59.8 Å². The number of hydrogen-bond acceptors (Lipinski definition) is 4. The average molecular weight is 445 g/mol. The molecule has 6 heteroatoms. The summed E-state index contributed by atoms with van der Waals surface area (Å²) >= 11 is 1.64. The van der Waals surface area contributed by atoms with E-state index >= 15 is 0 Å². The number of nitrogens with one attached hydrogen (secondary N) is 1. The van der Waals surface area contributed by atoms with Crippen molar-refractivity contribution in [3.05, 3.63) is 83.0 Å². The lowest BCUT2D eigenvalue weighted by atomic mass is 10.1. The monoisotopic (exact) mass is 444 g/mol. The first-order valence-electron chi connectivity index (χ1n) is 10.9. The molecule has 0 bridgehead atoms. The van der Waals surface area contributed by atoms with Crippen LogP contribution in [0.15, 0.2) is 66.0 Å². The van der Waals surface area contributed by atoms with Gasteiger partial charge in [0.25, 0.3) is 0 Å². The van der Waals surface area contributed by atoms with Crippen LogP contribution in [0.4, 0.5) is 5.69 Å². The number of amides is 1. The Labute approximate surface area is 193 Å². The van der Waals surface area contributed by atoms with Crippen LogP contribution in [0.1, 0.15) is 41.6 Å². The number of nitrogens with zero attached hydrogens (tertiary/aromatic N) is 3. The molecule has 164 valence electrons. The summed E-state index contributed by atoms with van der Waals surface area (Å²) < 4.78 is 1.99. The number of thioether (sulfide) groups is 1. The van der Waals surface area contributed by atoms with Gasteiger partial charge in [-0.05, 0) is 62.1 Å². The van der Waals surface area contributed by atoms with E-state index in [1.807, 2.05) is 49.6 Å². The van der Waals surface area contributed by atoms with E-state index in [1.54, 1.807) is 18.0 Å². The fraction of sp³-hybridized carbons (Fsp3) is 0.269. The van der Waals surface area contributed by atoms with Crippen LogP contribution in [0.2, 0.25) is 0 Å². The molecule has 1 atom stereocenters. The van der Waals surface area contributed by atoms with Crippen LogP contribution in [0.25, 0.3) is 11.2 Å². The molecule has 2 aromatic carbocycles. The molecule has 1 amide bonds. The predicted molar refractivity (Wildman–Crippen MR) is 132 cm³/mol. The first-order valence-corrected chi connectivity index (χ1v) is 11.8. The fourth-order valence-electron chi connectivity index (χ4n) is 3.70. The van der Waals surface area contributed by atoms with Gasteiger partial charge in [0, 0.05) is 17.6 Å². The maximum atomic E-state index is 13.4. The van der Waals surface area contributed by atoms with E-state index in [4.69, 9.17) is 4.98 Å². The Morgan fingerprint density at radius 2 is 1.81 bits per heavy atom. The van der Waals surface area contributed by atoms with Crippen molar-refractivity contribution in [3.8, 4) is 0 Å². The lowest BCUT2D eigenvalue weighted by molar-refractivity contribution is -0.119. The molecule has 0 aliphatic rings. The van der Waals surface area contributed by atoms with Crippen LogP contribution in [0.3, 0.4) is 0 Å². The molecule has 5 nitrogen and oxygen atoms in total. The number of hydrogen-bond donors (Lipinski definition) is 1. The Morgan fingerprint density at radius 1 is 1.06 bits per heavy atom. The molecule has 2 heterocycles. The molecule has 1 N–H and O–H groups in total. The highest BCUT2D eigenvalue weighted by Gasteiger charge is 2.25. The highest BCUT2D eigenvalue weighted by atomic mass is 32.2. The molecular formula is C26H28N4OS. The first-order chi connectivity index (χ1) is 15.5. The van der Waals surface area contributed by atoms with Crippen molar-refractivity contribution >= 4 is 34.5 Å². The van der Waals surface area contributed by atoms with Crippen molar-refractivity contribution < 1.29 is 4.79 Å². The number of rotatable bonds is 7. The van der Waals surface area contributed by atoms with Gasteiger partial charge in [-0.25, -0.2) is 9.97 Å². The number of carbonyl (C=O) groups is 1. The average Bonchev–Trinajstić information content (AvgIpc) is 3.15. The van der Waals surface area contributed by atoms with Gasteiger partial charge in [-0.15, -0.1) is 0 Å². The third kappa shape index (κ3) is 4.70. The van der Waals surface area contributed by atoms with Crippen LogP contribution >= 0.6 is 11.8 Å². The van der Waals surface area contributed by atoms with E-state index in [1.165, 1.54) is 11.1 Å². The van der Waals surface area contributed by atoms with E-state index < -0.39 is 6.04 Å². The lowest BCUT2D eigenvalue weighted by Gasteiger charge is -2.20. The van der Waals surface area contributed by atoms with Crippen molar-refractivity contribution in [1.29, 1.82) is 0 Å². The molecule has 0 aliphatic carbocycles. The largest absolute Gasteiger partial charge is 0.324 e. The van der Waals surface area contributed by atoms with Gasteiger partial charge in [-0.2, -0.15) is 0 Å². The second kappa shape index (κ2) is 9.57. The van der Waals surface area contributed by atoms with E-state index in [2.05, 4.69) is 47.6 Å². The second-order valence-electron chi connectivity index (χ2n) is 8.12. The molecule has 2 aromatic heterocycles. The van der Waals surface area contributed by atoms with Gasteiger partial charge in [0.15, 0.2) is 10.8 Å². The molecular weight excluding hydrogens is 416 g/mol. The molecule has 0 fully saturated rings. The summed E-state index contributed by atoms with van der Waals surface area (Å²) in [6, 6.07) is 18.0. The summed E-state index contributed by atoms with van der Waals surface area (Å²) in [4.78, 5) is 22.8. The summed E-state index contributed by atoms with van der Waals surface area (Å²) in [5.41, 5.74) is 7.01. The van der Waals surface area contributed by atoms with Gasteiger partial charge in [0.05, 0.1) is 0 Å². The third-order valence-corrected chi connectivity index (χ3v) is 6.58. The summed E-state index contributed by atoms with van der Waals surface area (Å²) in [6.45, 7) is 8.14. The molecule has 0 saturated carbocycles. The zero-order chi connectivity index (χ0) is 22.7. The standard InChI is InChI=1S/C26H28N4OS/c1-5-23(25(31)28-22-15-18(3)8-11-19(22)4)30-24-21(7-6-14-27-24)29-26(30)32-16-20-12-9-17(2)10-13-20/h6-15,23H,5,16H2,1-4H3,(H,28,31)/t23-/m0/s1. The van der Waals surface area contributed by atoms with Gasteiger partial charge in [-0.1, -0.05) is 60.6 Å². The van der Waals surface area contributed by atoms with Crippen LogP contribution in [0, 0.1) is 20.8 Å². The second-order valence-corrected chi connectivity index (χ2v) is 9.06. The maximum Gasteiger partial charge on any atom is 0.247 e. The number of carbonyl (C=O) groups excluding carboxylic acids is 1. The van der Waals surface area contributed by atoms with Crippen LogP contribution < -0.4 is 5.32 Å². The normalized spacial score (nSPS) is 12.1. The van der Waals surface area contributed by atoms with Gasteiger partial charge >= 0.3 is 0 Å². The van der Waals surface area contributed by atoms with E-state index in [0.717, 1.165) is 38.9 Å². The first kappa shape index (κ1) is 22.1. The van der Waals surface area contributed by atoms with Crippen LogP contribution in [0.5, 0.6) is 0 Å². The molecule has 0 aliphatic heterocycles. The molecule has 32 heavy (non-hydrogen) atoms. The highest BCUT2D eigenvalue weighted by Crippen LogP contribution is 2.31. The number of aryl methyl sites for hydroxylation is 3. The van der Waals surface area contributed by atoms with Crippen molar-refractivity contribution in [2.24, 2.45) is 0 Å².